The number of benzene rings is 3. The van der Waals surface area contributed by atoms with Crippen molar-refractivity contribution in [3.8, 4) is 0 Å². The molecule has 0 fully saturated rings. The van der Waals surface area contributed by atoms with Crippen LogP contribution in [0, 0.1) is 20.8 Å². The lowest BCUT2D eigenvalue weighted by molar-refractivity contribution is 0.0977. The highest BCUT2D eigenvalue weighted by Crippen LogP contribution is 2.19. The first kappa shape index (κ1) is 21.4. The lowest BCUT2D eigenvalue weighted by Crippen LogP contribution is -2.36. The number of aryl methyl sites for hydroxylation is 2. The summed E-state index contributed by atoms with van der Waals surface area (Å²) in [7, 11) is 0. The van der Waals surface area contributed by atoms with Crippen molar-refractivity contribution in [2.24, 2.45) is 4.99 Å². The van der Waals surface area contributed by atoms with Crippen LogP contribution in [0.15, 0.2) is 77.9 Å². The lowest BCUT2D eigenvalue weighted by Gasteiger charge is -2.15. The molecule has 162 valence electrons. The second-order valence-electron chi connectivity index (χ2n) is 8.03. The number of rotatable bonds is 5. The second kappa shape index (κ2) is 9.52. The van der Waals surface area contributed by atoms with E-state index in [0.29, 0.717) is 18.1 Å². The Morgan fingerprint density at radius 2 is 1.72 bits per heavy atom. The molecule has 0 saturated heterocycles. The predicted molar refractivity (Wildman–Crippen MR) is 132 cm³/mol. The molecule has 3 N–H and O–H groups in total. The highest BCUT2D eigenvalue weighted by atomic mass is 16.1. The summed E-state index contributed by atoms with van der Waals surface area (Å²) >= 11 is 0. The average molecular weight is 425 g/mol. The number of fused-ring (bicyclic) bond motifs is 1. The largest absolute Gasteiger partial charge is 0.361 e. The maximum absolute atomic E-state index is 12.8. The van der Waals surface area contributed by atoms with E-state index in [1.807, 2.05) is 61.7 Å². The van der Waals surface area contributed by atoms with E-state index in [-0.39, 0.29) is 5.91 Å². The number of carbonyl (C=O) groups is 1. The highest BCUT2D eigenvalue weighted by molar-refractivity contribution is 6.10. The normalized spacial score (nSPS) is 11.5. The summed E-state index contributed by atoms with van der Waals surface area (Å²) in [5.41, 5.74) is 7.28. The number of anilines is 1. The van der Waals surface area contributed by atoms with Gasteiger partial charge in [0.2, 0.25) is 5.96 Å². The molecule has 0 bridgehead atoms. The summed E-state index contributed by atoms with van der Waals surface area (Å²) < 4.78 is 0. The molecule has 5 heteroatoms. The van der Waals surface area contributed by atoms with Gasteiger partial charge in [-0.2, -0.15) is 0 Å². The van der Waals surface area contributed by atoms with Gasteiger partial charge in [-0.25, -0.2) is 0 Å². The molecular weight excluding hydrogens is 396 g/mol. The van der Waals surface area contributed by atoms with Crippen LogP contribution in [-0.4, -0.2) is 23.4 Å². The molecule has 0 aliphatic carbocycles. The smallest absolute Gasteiger partial charge is 0.257 e. The van der Waals surface area contributed by atoms with E-state index in [1.54, 1.807) is 0 Å². The summed E-state index contributed by atoms with van der Waals surface area (Å²) in [4.78, 5) is 20.9. The van der Waals surface area contributed by atoms with Crippen molar-refractivity contribution >= 4 is 28.5 Å². The van der Waals surface area contributed by atoms with Crippen LogP contribution in [0.2, 0.25) is 0 Å². The van der Waals surface area contributed by atoms with Crippen molar-refractivity contribution < 1.29 is 4.79 Å². The Labute approximate surface area is 188 Å². The van der Waals surface area contributed by atoms with Crippen LogP contribution in [0.4, 0.5) is 5.69 Å². The summed E-state index contributed by atoms with van der Waals surface area (Å²) in [6.07, 6.45) is 2.80. The standard InChI is InChI=1S/C27H28N4O/c1-18-11-13-21(14-12-18)26(32)31-27(30-24-10-6-7-19(2)20(24)3)28-16-15-22-17-29-25-9-5-4-8-23(22)25/h4-14,17,29H,15-16H2,1-3H3,(H2,28,30,31,32). The molecule has 5 nitrogen and oxygen atoms in total. The zero-order valence-corrected chi connectivity index (χ0v) is 18.7. The molecule has 3 aromatic carbocycles. The molecule has 0 unspecified atom stereocenters. The third kappa shape index (κ3) is 4.89. The topological polar surface area (TPSA) is 69.3 Å². The van der Waals surface area contributed by atoms with Gasteiger partial charge in [0.25, 0.3) is 5.91 Å². The Kier molecular flexibility index (Phi) is 6.36. The molecule has 0 aliphatic heterocycles. The molecule has 0 radical (unpaired) electrons. The van der Waals surface area contributed by atoms with Crippen molar-refractivity contribution in [3.63, 3.8) is 0 Å². The Balaban J connectivity index is 1.55. The van der Waals surface area contributed by atoms with Gasteiger partial charge in [0.15, 0.2) is 0 Å². The van der Waals surface area contributed by atoms with Crippen molar-refractivity contribution in [3.05, 3.63) is 101 Å². The van der Waals surface area contributed by atoms with Gasteiger partial charge in [-0.1, -0.05) is 48.0 Å². The first-order valence-corrected chi connectivity index (χ1v) is 10.8. The van der Waals surface area contributed by atoms with Crippen LogP contribution in [0.5, 0.6) is 0 Å². The minimum Gasteiger partial charge on any atom is -0.361 e. The first-order valence-electron chi connectivity index (χ1n) is 10.8. The second-order valence-corrected chi connectivity index (χ2v) is 8.03. The summed E-state index contributed by atoms with van der Waals surface area (Å²) in [5, 5.41) is 7.49. The lowest BCUT2D eigenvalue weighted by atomic mass is 10.1. The molecular formula is C27H28N4O. The predicted octanol–water partition coefficient (Wildman–Crippen LogP) is 5.53. The number of hydrogen-bond acceptors (Lipinski definition) is 2. The van der Waals surface area contributed by atoms with E-state index in [9.17, 15) is 4.79 Å². The summed E-state index contributed by atoms with van der Waals surface area (Å²) in [6, 6.07) is 21.8. The van der Waals surface area contributed by atoms with Crippen LogP contribution in [0.25, 0.3) is 10.9 Å². The van der Waals surface area contributed by atoms with Gasteiger partial charge < -0.3 is 10.3 Å². The number of amides is 1. The van der Waals surface area contributed by atoms with E-state index in [0.717, 1.165) is 28.8 Å². The van der Waals surface area contributed by atoms with Crippen molar-refractivity contribution in [2.45, 2.75) is 27.2 Å². The van der Waals surface area contributed by atoms with Crippen molar-refractivity contribution in [2.75, 3.05) is 11.9 Å². The Morgan fingerprint density at radius 1 is 0.938 bits per heavy atom. The number of nitrogens with one attached hydrogen (secondary N) is 3. The van der Waals surface area contributed by atoms with Gasteiger partial charge >= 0.3 is 0 Å². The first-order chi connectivity index (χ1) is 15.5. The zero-order chi connectivity index (χ0) is 22.5. The number of para-hydroxylation sites is 1. The van der Waals surface area contributed by atoms with Gasteiger partial charge in [0.1, 0.15) is 0 Å². The number of aromatic amines is 1. The number of H-pyrrole nitrogens is 1. The molecule has 0 spiro atoms. The quantitative estimate of drug-likeness (QED) is 0.291. The fourth-order valence-electron chi connectivity index (χ4n) is 3.64. The van der Waals surface area contributed by atoms with Crippen LogP contribution in [-0.2, 0) is 6.42 Å². The number of carbonyl (C=O) groups excluding carboxylic acids is 1. The van der Waals surface area contributed by atoms with E-state index < -0.39 is 0 Å². The monoisotopic (exact) mass is 424 g/mol. The fourth-order valence-corrected chi connectivity index (χ4v) is 3.64. The van der Waals surface area contributed by atoms with Crippen LogP contribution in [0.3, 0.4) is 0 Å². The Bertz CT molecular complexity index is 1270. The van der Waals surface area contributed by atoms with Gasteiger partial charge in [-0.3, -0.25) is 15.1 Å². The average Bonchev–Trinajstić information content (AvgIpc) is 3.20. The van der Waals surface area contributed by atoms with E-state index >= 15 is 0 Å². The van der Waals surface area contributed by atoms with Crippen molar-refractivity contribution in [1.82, 2.24) is 10.3 Å². The molecule has 4 aromatic rings. The highest BCUT2D eigenvalue weighted by Gasteiger charge is 2.11. The Morgan fingerprint density at radius 3 is 2.53 bits per heavy atom. The van der Waals surface area contributed by atoms with Gasteiger partial charge in [-0.15, -0.1) is 0 Å². The van der Waals surface area contributed by atoms with Gasteiger partial charge in [-0.05, 0) is 68.1 Å². The van der Waals surface area contributed by atoms with Crippen LogP contribution in [0.1, 0.15) is 32.6 Å². The minimum absolute atomic E-state index is 0.186. The Hall–Kier alpha value is -3.86. The van der Waals surface area contributed by atoms with E-state index in [4.69, 9.17) is 4.99 Å². The molecule has 0 saturated carbocycles. The zero-order valence-electron chi connectivity index (χ0n) is 18.7. The van der Waals surface area contributed by atoms with Gasteiger partial charge in [0.05, 0.1) is 0 Å². The number of aliphatic imine (C=N–C) groups is 1. The minimum atomic E-state index is -0.186. The van der Waals surface area contributed by atoms with E-state index in [1.165, 1.54) is 16.5 Å². The maximum atomic E-state index is 12.8. The molecule has 4 rings (SSSR count). The maximum Gasteiger partial charge on any atom is 0.257 e. The number of aromatic nitrogens is 1. The van der Waals surface area contributed by atoms with E-state index in [2.05, 4.69) is 47.7 Å². The van der Waals surface area contributed by atoms with Crippen LogP contribution >= 0.6 is 0 Å². The number of guanidine groups is 1. The molecule has 0 atom stereocenters. The number of nitrogens with zero attached hydrogens (tertiary/aromatic N) is 1. The van der Waals surface area contributed by atoms with Crippen LogP contribution < -0.4 is 10.6 Å². The molecule has 0 aliphatic rings. The molecule has 1 aromatic heterocycles. The molecule has 32 heavy (non-hydrogen) atoms. The number of hydrogen-bond donors (Lipinski definition) is 3. The summed E-state index contributed by atoms with van der Waals surface area (Å²) in [5.74, 6) is 0.262. The van der Waals surface area contributed by atoms with Crippen molar-refractivity contribution in [1.29, 1.82) is 0 Å². The fraction of sp³-hybridized carbons (Fsp3) is 0.185. The summed E-state index contributed by atoms with van der Waals surface area (Å²) in [6.45, 7) is 6.67. The third-order valence-corrected chi connectivity index (χ3v) is 5.73. The third-order valence-electron chi connectivity index (χ3n) is 5.73. The molecule has 1 amide bonds. The molecule has 1 heterocycles. The van der Waals surface area contributed by atoms with Gasteiger partial charge in [0, 0.05) is 34.9 Å². The SMILES string of the molecule is Cc1ccc(C(=O)NC(=NCCc2c[nH]c3ccccc23)Nc2cccc(C)c2C)cc1.